The Kier molecular flexibility index (Phi) is 5.72. The molecule has 4 aromatic rings. The van der Waals surface area contributed by atoms with E-state index >= 15 is 0 Å². The zero-order valence-corrected chi connectivity index (χ0v) is 16.8. The summed E-state index contributed by atoms with van der Waals surface area (Å²) in [5.41, 5.74) is -0.149. The molecule has 0 atom stereocenters. The minimum absolute atomic E-state index is 0.0745. The predicted octanol–water partition coefficient (Wildman–Crippen LogP) is 3.99. The zero-order valence-electron chi connectivity index (χ0n) is 16.8. The molecule has 0 spiro atoms. The molecule has 0 aliphatic heterocycles. The van der Waals surface area contributed by atoms with Crippen LogP contribution in [-0.4, -0.2) is 41.1 Å². The van der Waals surface area contributed by atoms with Gasteiger partial charge in [-0.1, -0.05) is 60.7 Å². The van der Waals surface area contributed by atoms with E-state index in [1.54, 1.807) is 60.7 Å². The summed E-state index contributed by atoms with van der Waals surface area (Å²) in [7, 11) is 0. The average molecular weight is 430 g/mol. The van der Waals surface area contributed by atoms with Gasteiger partial charge in [-0.2, -0.15) is 0 Å². The third-order valence-corrected chi connectivity index (χ3v) is 4.97. The Morgan fingerprint density at radius 2 is 1.00 bits per heavy atom. The molecule has 0 saturated carbocycles. The zero-order chi connectivity index (χ0) is 22.7. The van der Waals surface area contributed by atoms with E-state index in [4.69, 9.17) is 9.47 Å². The van der Waals surface area contributed by atoms with Gasteiger partial charge in [0.15, 0.2) is 13.2 Å². The number of benzene rings is 4. The largest absolute Gasteiger partial charge is 0.506 e. The van der Waals surface area contributed by atoms with Crippen LogP contribution in [0.4, 0.5) is 0 Å². The second kappa shape index (κ2) is 8.77. The third-order valence-electron chi connectivity index (χ3n) is 4.97. The summed E-state index contributed by atoms with van der Waals surface area (Å²) in [5.74, 6) is -2.88. The summed E-state index contributed by atoms with van der Waals surface area (Å²) in [5, 5.41) is 23.1. The van der Waals surface area contributed by atoms with E-state index in [0.717, 1.165) is 10.8 Å². The average Bonchev–Trinajstić information content (AvgIpc) is 2.82. The molecular weight excluding hydrogens is 412 g/mol. The number of esters is 2. The Morgan fingerprint density at radius 3 is 1.44 bits per heavy atom. The summed E-state index contributed by atoms with van der Waals surface area (Å²) in [6, 6.07) is 20.1. The molecule has 0 aromatic heterocycles. The van der Waals surface area contributed by atoms with Gasteiger partial charge in [-0.15, -0.1) is 0 Å². The highest BCUT2D eigenvalue weighted by molar-refractivity contribution is 6.03. The first-order valence-corrected chi connectivity index (χ1v) is 9.73. The van der Waals surface area contributed by atoms with Gasteiger partial charge in [0.2, 0.25) is 5.78 Å². The number of phenols is 2. The van der Waals surface area contributed by atoms with Gasteiger partial charge < -0.3 is 19.7 Å². The maximum atomic E-state index is 12.3. The fraction of sp³-hybridized carbons (Fsp3) is 0.0800. The third kappa shape index (κ3) is 4.09. The number of ether oxygens (including phenoxy) is 2. The molecular formula is C25H18O7. The minimum Gasteiger partial charge on any atom is -0.506 e. The van der Waals surface area contributed by atoms with Crippen LogP contribution in [0, 0.1) is 0 Å². The standard InChI is InChI=1S/C25H18O7/c26-17(13-31-24(29)20-11-9-15-5-1-3-7-18(15)22(20)27)14-32-25(30)21-12-10-16-6-2-4-8-19(16)23(21)28/h1-12,27-28H,13-14H2. The van der Waals surface area contributed by atoms with Crippen molar-refractivity contribution in [3.8, 4) is 11.5 Å². The molecule has 0 saturated heterocycles. The fourth-order valence-electron chi connectivity index (χ4n) is 3.33. The number of carbonyl (C=O) groups is 3. The van der Waals surface area contributed by atoms with Crippen molar-refractivity contribution in [3.63, 3.8) is 0 Å². The van der Waals surface area contributed by atoms with E-state index in [1.807, 2.05) is 0 Å². The SMILES string of the molecule is O=C(COC(=O)c1ccc2ccccc2c1O)COC(=O)c1ccc2ccccc2c1O. The summed E-state index contributed by atoms with van der Waals surface area (Å²) in [6.45, 7) is -1.27. The van der Waals surface area contributed by atoms with Crippen molar-refractivity contribution in [2.45, 2.75) is 0 Å². The fourth-order valence-corrected chi connectivity index (χ4v) is 3.33. The van der Waals surface area contributed by atoms with Crippen molar-refractivity contribution in [2.24, 2.45) is 0 Å². The highest BCUT2D eigenvalue weighted by Crippen LogP contribution is 2.30. The van der Waals surface area contributed by atoms with E-state index in [0.29, 0.717) is 10.8 Å². The van der Waals surface area contributed by atoms with Crippen LogP contribution in [0.1, 0.15) is 20.7 Å². The lowest BCUT2D eigenvalue weighted by Gasteiger charge is -2.09. The first-order valence-electron chi connectivity index (χ1n) is 9.73. The molecule has 0 unspecified atom stereocenters. The van der Waals surface area contributed by atoms with Gasteiger partial charge in [-0.25, -0.2) is 9.59 Å². The van der Waals surface area contributed by atoms with Crippen molar-refractivity contribution in [3.05, 3.63) is 83.9 Å². The van der Waals surface area contributed by atoms with E-state index in [9.17, 15) is 24.6 Å². The number of Topliss-reactive ketones (excluding diaryl/α,β-unsaturated/α-hetero) is 1. The summed E-state index contributed by atoms with van der Waals surface area (Å²) < 4.78 is 9.90. The molecule has 0 fully saturated rings. The van der Waals surface area contributed by atoms with Crippen LogP contribution < -0.4 is 0 Å². The second-order valence-corrected chi connectivity index (χ2v) is 7.06. The Hall–Kier alpha value is -4.39. The van der Waals surface area contributed by atoms with Gasteiger partial charge >= 0.3 is 11.9 Å². The van der Waals surface area contributed by atoms with Crippen LogP contribution >= 0.6 is 0 Å². The first-order chi connectivity index (χ1) is 15.5. The van der Waals surface area contributed by atoms with Gasteiger partial charge in [0.1, 0.15) is 22.6 Å². The smallest absolute Gasteiger partial charge is 0.342 e. The first kappa shape index (κ1) is 20.9. The predicted molar refractivity (Wildman–Crippen MR) is 117 cm³/mol. The lowest BCUT2D eigenvalue weighted by Crippen LogP contribution is -2.20. The van der Waals surface area contributed by atoms with Crippen LogP contribution in [-0.2, 0) is 14.3 Å². The molecule has 7 heteroatoms. The van der Waals surface area contributed by atoms with Crippen molar-refractivity contribution in [1.82, 2.24) is 0 Å². The second-order valence-electron chi connectivity index (χ2n) is 7.06. The van der Waals surface area contributed by atoms with Gasteiger partial charge in [0, 0.05) is 10.8 Å². The number of fused-ring (bicyclic) bond motifs is 2. The van der Waals surface area contributed by atoms with Gasteiger partial charge in [-0.3, -0.25) is 4.79 Å². The van der Waals surface area contributed by atoms with Crippen LogP contribution in [0.5, 0.6) is 11.5 Å². The highest BCUT2D eigenvalue weighted by Gasteiger charge is 2.19. The molecule has 2 N–H and O–H groups in total. The lowest BCUT2D eigenvalue weighted by atomic mass is 10.1. The quantitative estimate of drug-likeness (QED) is 0.445. The molecule has 32 heavy (non-hydrogen) atoms. The van der Waals surface area contributed by atoms with Crippen molar-refractivity contribution in [2.75, 3.05) is 13.2 Å². The Bertz CT molecular complexity index is 1250. The molecule has 4 aromatic carbocycles. The molecule has 0 heterocycles. The number of aromatic hydroxyl groups is 2. The highest BCUT2D eigenvalue weighted by atomic mass is 16.6. The topological polar surface area (TPSA) is 110 Å². The lowest BCUT2D eigenvalue weighted by molar-refractivity contribution is -0.125. The van der Waals surface area contributed by atoms with Gasteiger partial charge in [-0.05, 0) is 22.9 Å². The van der Waals surface area contributed by atoms with Crippen LogP contribution in [0.2, 0.25) is 0 Å². The van der Waals surface area contributed by atoms with E-state index in [-0.39, 0.29) is 22.6 Å². The van der Waals surface area contributed by atoms with E-state index in [1.165, 1.54) is 12.1 Å². The number of hydrogen-bond donors (Lipinski definition) is 2. The maximum Gasteiger partial charge on any atom is 0.342 e. The van der Waals surface area contributed by atoms with Crippen LogP contribution in [0.3, 0.4) is 0 Å². The number of phenolic OH excluding ortho intramolecular Hbond substituents is 2. The Labute approximate surface area is 182 Å². The minimum atomic E-state index is -0.875. The van der Waals surface area contributed by atoms with Crippen LogP contribution in [0.15, 0.2) is 72.8 Å². The molecule has 0 amide bonds. The molecule has 4 rings (SSSR count). The summed E-state index contributed by atoms with van der Waals surface area (Å²) in [6.07, 6.45) is 0. The van der Waals surface area contributed by atoms with E-state index < -0.39 is 30.9 Å². The van der Waals surface area contributed by atoms with Crippen LogP contribution in [0.25, 0.3) is 21.5 Å². The monoisotopic (exact) mass is 430 g/mol. The molecule has 0 radical (unpaired) electrons. The number of carbonyl (C=O) groups excluding carboxylic acids is 3. The Balaban J connectivity index is 1.35. The number of rotatable bonds is 6. The Morgan fingerprint density at radius 1 is 0.594 bits per heavy atom. The summed E-state index contributed by atoms with van der Waals surface area (Å²) >= 11 is 0. The number of ketones is 1. The molecule has 7 nitrogen and oxygen atoms in total. The van der Waals surface area contributed by atoms with Crippen molar-refractivity contribution >= 4 is 39.3 Å². The van der Waals surface area contributed by atoms with Gasteiger partial charge in [0.05, 0.1) is 0 Å². The van der Waals surface area contributed by atoms with E-state index in [2.05, 4.69) is 0 Å². The van der Waals surface area contributed by atoms with Crippen molar-refractivity contribution in [1.29, 1.82) is 0 Å². The number of hydrogen-bond acceptors (Lipinski definition) is 7. The molecule has 160 valence electrons. The molecule has 0 aliphatic rings. The normalized spacial score (nSPS) is 10.8. The summed E-state index contributed by atoms with van der Waals surface area (Å²) in [4.78, 5) is 36.6. The van der Waals surface area contributed by atoms with Gasteiger partial charge in [0.25, 0.3) is 0 Å². The molecule has 0 aliphatic carbocycles. The maximum absolute atomic E-state index is 12.3. The molecule has 0 bridgehead atoms. The van der Waals surface area contributed by atoms with Crippen molar-refractivity contribution < 1.29 is 34.1 Å².